The van der Waals surface area contributed by atoms with E-state index in [0.29, 0.717) is 22.0 Å². The highest BCUT2D eigenvalue weighted by Crippen LogP contribution is 2.26. The number of aryl methyl sites for hydroxylation is 2. The Balaban J connectivity index is 1.75. The van der Waals surface area contributed by atoms with Gasteiger partial charge in [-0.3, -0.25) is 9.59 Å². The van der Waals surface area contributed by atoms with E-state index in [1.807, 2.05) is 38.1 Å². The molecule has 0 aliphatic rings. The summed E-state index contributed by atoms with van der Waals surface area (Å²) in [5.74, 6) is -0.669. The SMILES string of the molecule is Cc1ccc(C)c(NC(=O)COc2ccc(Cl)cc2/C=C(\C#N)C(=O)Nc2ccc(O)cc2)c1. The largest absolute Gasteiger partial charge is 0.508 e. The zero-order valence-electron chi connectivity index (χ0n) is 18.6. The van der Waals surface area contributed by atoms with Crippen molar-refractivity contribution in [2.45, 2.75) is 13.8 Å². The molecule has 0 radical (unpaired) electrons. The van der Waals surface area contributed by atoms with E-state index in [0.717, 1.165) is 11.1 Å². The van der Waals surface area contributed by atoms with E-state index in [9.17, 15) is 20.0 Å². The first-order valence-corrected chi connectivity index (χ1v) is 10.6. The predicted octanol–water partition coefficient (Wildman–Crippen LogP) is 5.23. The van der Waals surface area contributed by atoms with Gasteiger partial charge in [-0.25, -0.2) is 0 Å². The molecule has 0 spiro atoms. The lowest BCUT2D eigenvalue weighted by Gasteiger charge is -2.12. The second kappa shape index (κ2) is 11.0. The van der Waals surface area contributed by atoms with Gasteiger partial charge in [-0.1, -0.05) is 23.7 Å². The number of halogens is 1. The van der Waals surface area contributed by atoms with Crippen molar-refractivity contribution in [1.29, 1.82) is 5.26 Å². The number of hydrogen-bond donors (Lipinski definition) is 3. The Hall–Kier alpha value is -4.28. The summed E-state index contributed by atoms with van der Waals surface area (Å²) in [5, 5.41) is 24.6. The van der Waals surface area contributed by atoms with Crippen LogP contribution in [0.5, 0.6) is 11.5 Å². The molecule has 34 heavy (non-hydrogen) atoms. The van der Waals surface area contributed by atoms with Crippen molar-refractivity contribution in [3.63, 3.8) is 0 Å². The summed E-state index contributed by atoms with van der Waals surface area (Å²) in [6, 6.07) is 18.1. The number of hydrogen-bond acceptors (Lipinski definition) is 5. The van der Waals surface area contributed by atoms with Crippen molar-refractivity contribution in [1.82, 2.24) is 0 Å². The highest BCUT2D eigenvalue weighted by atomic mass is 35.5. The highest BCUT2D eigenvalue weighted by molar-refractivity contribution is 6.30. The average molecular weight is 476 g/mol. The molecule has 0 aliphatic carbocycles. The predicted molar refractivity (Wildman–Crippen MR) is 132 cm³/mol. The first-order chi connectivity index (χ1) is 16.2. The second-order valence-electron chi connectivity index (χ2n) is 7.51. The molecule has 0 saturated carbocycles. The van der Waals surface area contributed by atoms with Gasteiger partial charge < -0.3 is 20.5 Å². The van der Waals surface area contributed by atoms with Crippen molar-refractivity contribution in [2.24, 2.45) is 0 Å². The molecular weight excluding hydrogens is 454 g/mol. The number of nitriles is 1. The maximum absolute atomic E-state index is 12.6. The van der Waals surface area contributed by atoms with E-state index in [-0.39, 0.29) is 29.6 Å². The van der Waals surface area contributed by atoms with Gasteiger partial charge in [0.15, 0.2) is 6.61 Å². The molecule has 172 valence electrons. The minimum absolute atomic E-state index is 0.0522. The standard InChI is InChI=1S/C26H22ClN3O4/c1-16-3-4-17(2)23(11-16)30-25(32)15-34-24-10-5-20(27)13-18(24)12-19(14-28)26(33)29-21-6-8-22(31)9-7-21/h3-13,31H,15H2,1-2H3,(H,29,33)(H,30,32)/b19-12+. The molecule has 0 atom stereocenters. The van der Waals surface area contributed by atoms with Crippen LogP contribution in [0.4, 0.5) is 11.4 Å². The molecule has 3 aromatic rings. The number of phenols is 1. The minimum Gasteiger partial charge on any atom is -0.508 e. The summed E-state index contributed by atoms with van der Waals surface area (Å²) in [7, 11) is 0. The summed E-state index contributed by atoms with van der Waals surface area (Å²) in [6.07, 6.45) is 1.33. The van der Waals surface area contributed by atoms with E-state index < -0.39 is 5.91 Å². The summed E-state index contributed by atoms with van der Waals surface area (Å²) in [4.78, 5) is 25.0. The Kier molecular flexibility index (Phi) is 7.91. The lowest BCUT2D eigenvalue weighted by molar-refractivity contribution is -0.118. The van der Waals surface area contributed by atoms with Crippen LogP contribution in [-0.2, 0) is 9.59 Å². The molecule has 7 nitrogen and oxygen atoms in total. The number of rotatable bonds is 7. The van der Waals surface area contributed by atoms with Crippen LogP contribution in [0.3, 0.4) is 0 Å². The van der Waals surface area contributed by atoms with Gasteiger partial charge in [0.1, 0.15) is 23.1 Å². The van der Waals surface area contributed by atoms with Gasteiger partial charge in [-0.15, -0.1) is 0 Å². The summed E-state index contributed by atoms with van der Waals surface area (Å²) >= 11 is 6.10. The maximum atomic E-state index is 12.6. The molecule has 8 heteroatoms. The monoisotopic (exact) mass is 475 g/mol. The van der Waals surface area contributed by atoms with Crippen molar-refractivity contribution in [2.75, 3.05) is 17.2 Å². The summed E-state index contributed by atoms with van der Waals surface area (Å²) < 4.78 is 5.67. The molecule has 3 aromatic carbocycles. The van der Waals surface area contributed by atoms with Crippen molar-refractivity contribution in [3.8, 4) is 17.6 Å². The summed E-state index contributed by atoms with van der Waals surface area (Å²) in [5.41, 5.74) is 3.22. The maximum Gasteiger partial charge on any atom is 0.266 e. The molecule has 0 aliphatic heterocycles. The number of aromatic hydroxyl groups is 1. The number of anilines is 2. The third-order valence-electron chi connectivity index (χ3n) is 4.79. The van der Waals surface area contributed by atoms with Gasteiger partial charge in [-0.05, 0) is 79.6 Å². The molecule has 3 rings (SSSR count). The zero-order valence-corrected chi connectivity index (χ0v) is 19.3. The van der Waals surface area contributed by atoms with Gasteiger partial charge in [-0.2, -0.15) is 5.26 Å². The Bertz CT molecular complexity index is 1290. The number of phenolic OH excluding ortho intramolecular Hbond substituents is 1. The Labute approximate surface area is 202 Å². The Morgan fingerprint density at radius 3 is 2.50 bits per heavy atom. The topological polar surface area (TPSA) is 111 Å². The van der Waals surface area contributed by atoms with Gasteiger partial charge in [0.05, 0.1) is 0 Å². The molecule has 0 saturated heterocycles. The highest BCUT2D eigenvalue weighted by Gasteiger charge is 2.13. The van der Waals surface area contributed by atoms with Crippen LogP contribution in [-0.4, -0.2) is 23.5 Å². The minimum atomic E-state index is -0.646. The first-order valence-electron chi connectivity index (χ1n) is 10.3. The van der Waals surface area contributed by atoms with Crippen molar-refractivity contribution in [3.05, 3.63) is 87.9 Å². The molecule has 2 amide bonds. The third kappa shape index (κ3) is 6.61. The van der Waals surface area contributed by atoms with Gasteiger partial charge in [0, 0.05) is 22.0 Å². The Morgan fingerprint density at radius 2 is 1.79 bits per heavy atom. The molecular formula is C26H22ClN3O4. The molecule has 3 N–H and O–H groups in total. The number of amides is 2. The average Bonchev–Trinajstić information content (AvgIpc) is 2.80. The second-order valence-corrected chi connectivity index (χ2v) is 7.94. The lowest BCUT2D eigenvalue weighted by atomic mass is 10.1. The third-order valence-corrected chi connectivity index (χ3v) is 5.02. The van der Waals surface area contributed by atoms with E-state index in [4.69, 9.17) is 16.3 Å². The van der Waals surface area contributed by atoms with E-state index in [2.05, 4.69) is 10.6 Å². The fourth-order valence-corrected chi connectivity index (χ4v) is 3.19. The number of nitrogens with one attached hydrogen (secondary N) is 2. The molecule has 0 bridgehead atoms. The van der Waals surface area contributed by atoms with Crippen LogP contribution in [0.15, 0.2) is 66.2 Å². The zero-order chi connectivity index (χ0) is 24.7. The van der Waals surface area contributed by atoms with E-state index >= 15 is 0 Å². The van der Waals surface area contributed by atoms with Crippen molar-refractivity contribution >= 4 is 40.9 Å². The van der Waals surface area contributed by atoms with Crippen LogP contribution in [0.1, 0.15) is 16.7 Å². The van der Waals surface area contributed by atoms with Crippen LogP contribution in [0.25, 0.3) is 6.08 Å². The van der Waals surface area contributed by atoms with Crippen LogP contribution in [0.2, 0.25) is 5.02 Å². The molecule has 0 fully saturated rings. The van der Waals surface area contributed by atoms with Crippen LogP contribution >= 0.6 is 11.6 Å². The number of carbonyl (C=O) groups is 2. The smallest absolute Gasteiger partial charge is 0.266 e. The summed E-state index contributed by atoms with van der Waals surface area (Å²) in [6.45, 7) is 3.55. The lowest BCUT2D eigenvalue weighted by Crippen LogP contribution is -2.21. The Morgan fingerprint density at radius 1 is 1.06 bits per heavy atom. The van der Waals surface area contributed by atoms with Gasteiger partial charge in [0.2, 0.25) is 0 Å². The van der Waals surface area contributed by atoms with Gasteiger partial charge >= 0.3 is 0 Å². The molecule has 0 heterocycles. The number of carbonyl (C=O) groups excluding carboxylic acids is 2. The number of benzene rings is 3. The number of nitrogens with zero attached hydrogens (tertiary/aromatic N) is 1. The van der Waals surface area contributed by atoms with Crippen LogP contribution in [0, 0.1) is 25.2 Å². The fraction of sp³-hybridized carbons (Fsp3) is 0.115. The quantitative estimate of drug-likeness (QED) is 0.246. The normalized spacial score (nSPS) is 10.8. The van der Waals surface area contributed by atoms with E-state index in [1.54, 1.807) is 12.1 Å². The molecule has 0 unspecified atom stereocenters. The molecule has 0 aromatic heterocycles. The van der Waals surface area contributed by atoms with Crippen LogP contribution < -0.4 is 15.4 Å². The van der Waals surface area contributed by atoms with Crippen molar-refractivity contribution < 1.29 is 19.4 Å². The fourth-order valence-electron chi connectivity index (χ4n) is 3.01. The van der Waals surface area contributed by atoms with E-state index in [1.165, 1.54) is 36.4 Å². The first kappa shape index (κ1) is 24.4. The number of ether oxygens (including phenoxy) is 1. The van der Waals surface area contributed by atoms with Gasteiger partial charge in [0.25, 0.3) is 11.8 Å².